The maximum absolute atomic E-state index is 13.4. The molecule has 1 aromatic carbocycles. The van der Waals surface area contributed by atoms with Crippen LogP contribution in [0.3, 0.4) is 0 Å². The van der Waals surface area contributed by atoms with E-state index in [1.54, 1.807) is 19.3 Å². The SMILES string of the molecule is CNc1ccc(COc2c(F)cccc2Cl)cn1. The van der Waals surface area contributed by atoms with Crippen LogP contribution >= 0.6 is 11.6 Å². The van der Waals surface area contributed by atoms with Crippen LogP contribution in [0.5, 0.6) is 5.75 Å². The molecule has 5 heteroatoms. The number of anilines is 1. The Bertz CT molecular complexity index is 511. The molecule has 1 heterocycles. The van der Waals surface area contributed by atoms with E-state index in [9.17, 15) is 4.39 Å². The van der Waals surface area contributed by atoms with Gasteiger partial charge in [-0.25, -0.2) is 9.37 Å². The fourth-order valence-corrected chi connectivity index (χ4v) is 1.65. The maximum atomic E-state index is 13.4. The minimum atomic E-state index is -0.470. The number of ether oxygens (including phenoxy) is 1. The quantitative estimate of drug-likeness (QED) is 0.920. The van der Waals surface area contributed by atoms with E-state index >= 15 is 0 Å². The van der Waals surface area contributed by atoms with Crippen molar-refractivity contribution in [1.82, 2.24) is 4.98 Å². The highest BCUT2D eigenvalue weighted by molar-refractivity contribution is 6.32. The minimum absolute atomic E-state index is 0.0665. The Morgan fingerprint density at radius 1 is 1.33 bits per heavy atom. The van der Waals surface area contributed by atoms with Crippen LogP contribution in [0.25, 0.3) is 0 Å². The third-order valence-electron chi connectivity index (χ3n) is 2.38. The molecule has 1 aromatic heterocycles. The average molecular weight is 267 g/mol. The molecule has 1 N–H and O–H groups in total. The number of nitrogens with zero attached hydrogens (tertiary/aromatic N) is 1. The number of aromatic nitrogens is 1. The zero-order valence-electron chi connectivity index (χ0n) is 9.78. The normalized spacial score (nSPS) is 10.2. The summed E-state index contributed by atoms with van der Waals surface area (Å²) in [5, 5.41) is 3.17. The van der Waals surface area contributed by atoms with Gasteiger partial charge in [0, 0.05) is 18.8 Å². The van der Waals surface area contributed by atoms with Crippen molar-refractivity contribution in [1.29, 1.82) is 0 Å². The lowest BCUT2D eigenvalue weighted by Crippen LogP contribution is -1.99. The molecule has 0 saturated carbocycles. The Kier molecular flexibility index (Phi) is 3.99. The first-order valence-electron chi connectivity index (χ1n) is 5.40. The van der Waals surface area contributed by atoms with Crippen molar-refractivity contribution in [3.8, 4) is 5.75 Å². The van der Waals surface area contributed by atoms with Crippen LogP contribution in [0.2, 0.25) is 5.02 Å². The fraction of sp³-hybridized carbons (Fsp3) is 0.154. The van der Waals surface area contributed by atoms with Crippen LogP contribution in [0.1, 0.15) is 5.56 Å². The van der Waals surface area contributed by atoms with E-state index in [1.807, 2.05) is 12.1 Å². The van der Waals surface area contributed by atoms with E-state index in [-0.39, 0.29) is 17.4 Å². The number of para-hydroxylation sites is 1. The highest BCUT2D eigenvalue weighted by Crippen LogP contribution is 2.27. The lowest BCUT2D eigenvalue weighted by atomic mass is 10.3. The van der Waals surface area contributed by atoms with Crippen molar-refractivity contribution in [2.24, 2.45) is 0 Å². The number of halogens is 2. The monoisotopic (exact) mass is 266 g/mol. The van der Waals surface area contributed by atoms with Crippen molar-refractivity contribution in [3.63, 3.8) is 0 Å². The van der Waals surface area contributed by atoms with Gasteiger partial charge < -0.3 is 10.1 Å². The van der Waals surface area contributed by atoms with Gasteiger partial charge in [-0.05, 0) is 18.2 Å². The molecule has 0 unspecified atom stereocenters. The van der Waals surface area contributed by atoms with Crippen molar-refractivity contribution in [2.75, 3.05) is 12.4 Å². The van der Waals surface area contributed by atoms with Crippen LogP contribution in [0.15, 0.2) is 36.5 Å². The number of rotatable bonds is 4. The largest absolute Gasteiger partial charge is 0.484 e. The number of hydrogen-bond acceptors (Lipinski definition) is 3. The van der Waals surface area contributed by atoms with Crippen LogP contribution in [-0.4, -0.2) is 12.0 Å². The van der Waals surface area contributed by atoms with E-state index in [1.165, 1.54) is 12.1 Å². The first-order valence-corrected chi connectivity index (χ1v) is 5.78. The fourth-order valence-electron chi connectivity index (χ4n) is 1.43. The standard InChI is InChI=1S/C13H12ClFN2O/c1-16-12-6-5-9(7-17-12)8-18-13-10(14)3-2-4-11(13)15/h2-7H,8H2,1H3,(H,16,17). The van der Waals surface area contributed by atoms with Gasteiger partial charge in [-0.3, -0.25) is 0 Å². The van der Waals surface area contributed by atoms with Crippen LogP contribution < -0.4 is 10.1 Å². The molecule has 0 fully saturated rings. The van der Waals surface area contributed by atoms with Gasteiger partial charge in [0.1, 0.15) is 12.4 Å². The Balaban J connectivity index is 2.06. The second-order valence-corrected chi connectivity index (χ2v) is 4.05. The molecule has 0 aliphatic carbocycles. The highest BCUT2D eigenvalue weighted by Gasteiger charge is 2.08. The molecule has 94 valence electrons. The molecule has 2 aromatic rings. The molecule has 0 saturated heterocycles. The van der Waals surface area contributed by atoms with E-state index in [0.29, 0.717) is 0 Å². The zero-order chi connectivity index (χ0) is 13.0. The maximum Gasteiger partial charge on any atom is 0.174 e. The first kappa shape index (κ1) is 12.6. The van der Waals surface area contributed by atoms with Crippen molar-refractivity contribution in [2.45, 2.75) is 6.61 Å². The van der Waals surface area contributed by atoms with Gasteiger partial charge in [-0.15, -0.1) is 0 Å². The van der Waals surface area contributed by atoms with Gasteiger partial charge in [0.05, 0.1) is 5.02 Å². The summed E-state index contributed by atoms with van der Waals surface area (Å²) in [4.78, 5) is 4.14. The zero-order valence-corrected chi connectivity index (χ0v) is 10.5. The predicted octanol–water partition coefficient (Wildman–Crippen LogP) is 3.49. The minimum Gasteiger partial charge on any atom is -0.484 e. The van der Waals surface area contributed by atoms with Crippen LogP contribution in [-0.2, 0) is 6.61 Å². The molecule has 2 rings (SSSR count). The van der Waals surface area contributed by atoms with E-state index < -0.39 is 5.82 Å². The summed E-state index contributed by atoms with van der Waals surface area (Å²) >= 11 is 5.85. The number of nitrogens with one attached hydrogen (secondary N) is 1. The van der Waals surface area contributed by atoms with Crippen molar-refractivity contribution >= 4 is 17.4 Å². The molecule has 3 nitrogen and oxygen atoms in total. The highest BCUT2D eigenvalue weighted by atomic mass is 35.5. The second kappa shape index (κ2) is 5.69. The molecule has 0 atom stereocenters. The third kappa shape index (κ3) is 2.90. The number of pyridine rings is 1. The molecule has 0 radical (unpaired) electrons. The van der Waals surface area contributed by atoms with Gasteiger partial charge in [-0.1, -0.05) is 23.7 Å². The average Bonchev–Trinajstić information content (AvgIpc) is 2.39. The molecule has 0 spiro atoms. The number of hydrogen-bond donors (Lipinski definition) is 1. The van der Waals surface area contributed by atoms with Crippen LogP contribution in [0.4, 0.5) is 10.2 Å². The molecular weight excluding hydrogens is 255 g/mol. The Hall–Kier alpha value is -1.81. The predicted molar refractivity (Wildman–Crippen MR) is 69.5 cm³/mol. The molecule has 0 bridgehead atoms. The van der Waals surface area contributed by atoms with Gasteiger partial charge in [0.25, 0.3) is 0 Å². The van der Waals surface area contributed by atoms with Crippen molar-refractivity contribution in [3.05, 3.63) is 52.9 Å². The number of benzene rings is 1. The van der Waals surface area contributed by atoms with Gasteiger partial charge >= 0.3 is 0 Å². The topological polar surface area (TPSA) is 34.1 Å². The van der Waals surface area contributed by atoms with Gasteiger partial charge in [-0.2, -0.15) is 0 Å². The third-order valence-corrected chi connectivity index (χ3v) is 2.68. The molecular formula is C13H12ClFN2O. The van der Waals surface area contributed by atoms with E-state index in [0.717, 1.165) is 11.4 Å². The molecule has 0 amide bonds. The Morgan fingerprint density at radius 3 is 2.78 bits per heavy atom. The summed E-state index contributed by atoms with van der Waals surface area (Å²) in [5.41, 5.74) is 0.841. The van der Waals surface area contributed by atoms with Gasteiger partial charge in [0.2, 0.25) is 0 Å². The van der Waals surface area contributed by atoms with Crippen LogP contribution in [0, 0.1) is 5.82 Å². The van der Waals surface area contributed by atoms with E-state index in [4.69, 9.17) is 16.3 Å². The summed E-state index contributed by atoms with van der Waals surface area (Å²) in [6.07, 6.45) is 1.67. The molecule has 0 aliphatic heterocycles. The summed E-state index contributed by atoms with van der Waals surface area (Å²) in [6, 6.07) is 8.11. The summed E-state index contributed by atoms with van der Waals surface area (Å²) in [6.45, 7) is 0.220. The first-order chi connectivity index (χ1) is 8.70. The molecule has 0 aliphatic rings. The Morgan fingerprint density at radius 2 is 2.17 bits per heavy atom. The van der Waals surface area contributed by atoms with E-state index in [2.05, 4.69) is 10.3 Å². The van der Waals surface area contributed by atoms with Crippen molar-refractivity contribution < 1.29 is 9.13 Å². The molecule has 18 heavy (non-hydrogen) atoms. The second-order valence-electron chi connectivity index (χ2n) is 3.64. The summed E-state index contributed by atoms with van der Waals surface area (Å²) < 4.78 is 18.8. The summed E-state index contributed by atoms with van der Waals surface area (Å²) in [7, 11) is 1.79. The lowest BCUT2D eigenvalue weighted by molar-refractivity contribution is 0.290. The summed E-state index contributed by atoms with van der Waals surface area (Å²) in [5.74, 6) is 0.363. The Labute approximate surface area is 110 Å². The van der Waals surface area contributed by atoms with Gasteiger partial charge in [0.15, 0.2) is 11.6 Å². The smallest absolute Gasteiger partial charge is 0.174 e. The lowest BCUT2D eigenvalue weighted by Gasteiger charge is -2.09.